The molecule has 0 N–H and O–H groups in total. The van der Waals surface area contributed by atoms with Gasteiger partial charge < -0.3 is 4.74 Å². The van der Waals surface area contributed by atoms with Crippen molar-refractivity contribution in [2.45, 2.75) is 57.5 Å². The Morgan fingerprint density at radius 1 is 1.24 bits per heavy atom. The molecule has 1 aromatic rings. The molecule has 1 aromatic carbocycles. The number of ether oxygens (including phenoxy) is 1. The van der Waals surface area contributed by atoms with E-state index in [9.17, 15) is 4.79 Å². The lowest BCUT2D eigenvalue weighted by molar-refractivity contribution is -0.145. The van der Waals surface area contributed by atoms with Gasteiger partial charge in [0, 0.05) is 11.6 Å². The summed E-state index contributed by atoms with van der Waals surface area (Å²) in [6, 6.07) is 10.3. The zero-order valence-electron chi connectivity index (χ0n) is 13.6. The van der Waals surface area contributed by atoms with E-state index in [2.05, 4.69) is 25.7 Å². The van der Waals surface area contributed by atoms with E-state index in [1.807, 2.05) is 30.3 Å². The summed E-state index contributed by atoms with van der Waals surface area (Å²) in [5.41, 5.74) is 1.12. The normalized spacial score (nSPS) is 21.8. The molecule has 1 heterocycles. The Morgan fingerprint density at radius 2 is 1.90 bits per heavy atom. The summed E-state index contributed by atoms with van der Waals surface area (Å²) >= 11 is 0. The predicted octanol–water partition coefficient (Wildman–Crippen LogP) is 3.60. The van der Waals surface area contributed by atoms with Crippen LogP contribution in [0.5, 0.6) is 0 Å². The number of carbonyl (C=O) groups excluding carboxylic acids is 1. The quantitative estimate of drug-likeness (QED) is 0.796. The van der Waals surface area contributed by atoms with E-state index in [4.69, 9.17) is 4.74 Å². The van der Waals surface area contributed by atoms with Gasteiger partial charge in [0.1, 0.15) is 0 Å². The minimum Gasteiger partial charge on any atom is -0.469 e. The minimum absolute atomic E-state index is 0.0616. The van der Waals surface area contributed by atoms with Gasteiger partial charge in [-0.3, -0.25) is 9.69 Å². The van der Waals surface area contributed by atoms with E-state index in [0.717, 1.165) is 18.5 Å². The maximum atomic E-state index is 12.4. The van der Waals surface area contributed by atoms with Gasteiger partial charge >= 0.3 is 5.97 Å². The fourth-order valence-corrected chi connectivity index (χ4v) is 3.44. The van der Waals surface area contributed by atoms with Gasteiger partial charge in [0.05, 0.1) is 13.0 Å². The van der Waals surface area contributed by atoms with Crippen LogP contribution in [0.2, 0.25) is 0 Å². The monoisotopic (exact) mass is 289 g/mol. The molecule has 1 saturated heterocycles. The van der Waals surface area contributed by atoms with Crippen LogP contribution < -0.4 is 0 Å². The molecule has 2 rings (SSSR count). The fourth-order valence-electron chi connectivity index (χ4n) is 3.44. The van der Waals surface area contributed by atoms with Gasteiger partial charge in [-0.1, -0.05) is 36.8 Å². The first-order valence-corrected chi connectivity index (χ1v) is 7.84. The number of piperidine rings is 1. The molecule has 0 aliphatic carbocycles. The van der Waals surface area contributed by atoms with Gasteiger partial charge in [0.25, 0.3) is 0 Å². The van der Waals surface area contributed by atoms with E-state index in [1.165, 1.54) is 20.0 Å². The molecule has 0 saturated carbocycles. The Kier molecular flexibility index (Phi) is 5.04. The van der Waals surface area contributed by atoms with Crippen molar-refractivity contribution in [1.82, 2.24) is 4.90 Å². The van der Waals surface area contributed by atoms with Gasteiger partial charge in [-0.25, -0.2) is 0 Å². The zero-order valence-corrected chi connectivity index (χ0v) is 13.6. The third-order valence-corrected chi connectivity index (χ3v) is 4.41. The molecule has 2 atom stereocenters. The second-order valence-corrected chi connectivity index (χ2v) is 6.84. The molecule has 0 radical (unpaired) electrons. The fraction of sp³-hybridized carbons (Fsp3) is 0.611. The molecule has 2 unspecified atom stereocenters. The maximum Gasteiger partial charge on any atom is 0.314 e. The zero-order chi connectivity index (χ0) is 15.5. The number of likely N-dealkylation sites (tertiary alicyclic amines) is 1. The topological polar surface area (TPSA) is 29.5 Å². The summed E-state index contributed by atoms with van der Waals surface area (Å²) in [6.07, 6.45) is 3.43. The van der Waals surface area contributed by atoms with Crippen LogP contribution in [0.4, 0.5) is 0 Å². The van der Waals surface area contributed by atoms with Crippen molar-refractivity contribution in [2.24, 2.45) is 0 Å². The number of esters is 1. The van der Waals surface area contributed by atoms with Crippen LogP contribution in [-0.4, -0.2) is 36.1 Å². The number of nitrogens with zero attached hydrogens (tertiary/aromatic N) is 1. The summed E-state index contributed by atoms with van der Waals surface area (Å²) < 4.78 is 5.12. The van der Waals surface area contributed by atoms with Gasteiger partial charge in [0.15, 0.2) is 0 Å². The third-order valence-electron chi connectivity index (χ3n) is 4.41. The SMILES string of the molecule is COC(=O)C(c1ccccc1)C1CCCCN1C(C)(C)C. The minimum atomic E-state index is -0.198. The van der Waals surface area contributed by atoms with E-state index in [1.54, 1.807) is 0 Å². The average Bonchev–Trinajstić information content (AvgIpc) is 2.48. The number of carbonyl (C=O) groups is 1. The average molecular weight is 289 g/mol. The van der Waals surface area contributed by atoms with Gasteiger partial charge in [-0.2, -0.15) is 0 Å². The summed E-state index contributed by atoms with van der Waals surface area (Å²) in [6.45, 7) is 7.73. The van der Waals surface area contributed by atoms with Crippen molar-refractivity contribution in [2.75, 3.05) is 13.7 Å². The predicted molar refractivity (Wildman–Crippen MR) is 85.3 cm³/mol. The second-order valence-electron chi connectivity index (χ2n) is 6.84. The van der Waals surface area contributed by atoms with E-state index in [-0.39, 0.29) is 23.5 Å². The van der Waals surface area contributed by atoms with Crippen LogP contribution >= 0.6 is 0 Å². The van der Waals surface area contributed by atoms with Crippen molar-refractivity contribution in [3.63, 3.8) is 0 Å². The Morgan fingerprint density at radius 3 is 2.48 bits per heavy atom. The molecule has 1 fully saturated rings. The smallest absolute Gasteiger partial charge is 0.314 e. The first-order chi connectivity index (χ1) is 9.95. The summed E-state index contributed by atoms with van der Waals surface area (Å²) in [7, 11) is 1.49. The molecule has 21 heavy (non-hydrogen) atoms. The van der Waals surface area contributed by atoms with Crippen molar-refractivity contribution in [3.05, 3.63) is 35.9 Å². The molecule has 0 aromatic heterocycles. The van der Waals surface area contributed by atoms with E-state index >= 15 is 0 Å². The lowest BCUT2D eigenvalue weighted by Gasteiger charge is -2.47. The van der Waals surface area contributed by atoms with Crippen LogP contribution in [0.25, 0.3) is 0 Å². The number of benzene rings is 1. The largest absolute Gasteiger partial charge is 0.469 e. The van der Waals surface area contributed by atoms with Crippen molar-refractivity contribution >= 4 is 5.97 Å². The number of hydrogen-bond donors (Lipinski definition) is 0. The first kappa shape index (κ1) is 16.0. The van der Waals surface area contributed by atoms with Crippen molar-refractivity contribution in [3.8, 4) is 0 Å². The molecule has 0 amide bonds. The Labute approximate surface area is 128 Å². The highest BCUT2D eigenvalue weighted by molar-refractivity contribution is 5.79. The Balaban J connectivity index is 2.37. The van der Waals surface area contributed by atoms with Crippen molar-refractivity contribution < 1.29 is 9.53 Å². The molecule has 1 aliphatic heterocycles. The molecular formula is C18H27NO2. The summed E-state index contributed by atoms with van der Waals surface area (Å²) in [4.78, 5) is 14.9. The number of rotatable bonds is 3. The van der Waals surface area contributed by atoms with Crippen LogP contribution in [0.3, 0.4) is 0 Å². The van der Waals surface area contributed by atoms with E-state index < -0.39 is 0 Å². The standard InChI is InChI=1S/C18H27NO2/c1-18(2,3)19-13-9-8-12-15(19)16(17(20)21-4)14-10-6-5-7-11-14/h5-7,10-11,15-16H,8-9,12-13H2,1-4H3. The summed E-state index contributed by atoms with van der Waals surface area (Å²) in [5, 5.41) is 0. The lowest BCUT2D eigenvalue weighted by atomic mass is 9.82. The molecular weight excluding hydrogens is 262 g/mol. The highest BCUT2D eigenvalue weighted by atomic mass is 16.5. The van der Waals surface area contributed by atoms with Crippen LogP contribution in [0.15, 0.2) is 30.3 Å². The van der Waals surface area contributed by atoms with Crippen LogP contribution in [-0.2, 0) is 9.53 Å². The van der Waals surface area contributed by atoms with Gasteiger partial charge in [-0.15, -0.1) is 0 Å². The molecule has 116 valence electrons. The molecule has 3 heteroatoms. The Hall–Kier alpha value is -1.35. The molecule has 0 bridgehead atoms. The molecule has 3 nitrogen and oxygen atoms in total. The number of methoxy groups -OCH3 is 1. The number of hydrogen-bond acceptors (Lipinski definition) is 3. The molecule has 0 spiro atoms. The van der Waals surface area contributed by atoms with Gasteiger partial charge in [0.2, 0.25) is 0 Å². The van der Waals surface area contributed by atoms with E-state index in [0.29, 0.717) is 0 Å². The second kappa shape index (κ2) is 6.61. The highest BCUT2D eigenvalue weighted by Crippen LogP contribution is 2.35. The van der Waals surface area contributed by atoms with Crippen molar-refractivity contribution in [1.29, 1.82) is 0 Å². The molecule has 1 aliphatic rings. The maximum absolute atomic E-state index is 12.4. The summed E-state index contributed by atoms with van der Waals surface area (Å²) in [5.74, 6) is -0.321. The third kappa shape index (κ3) is 3.65. The highest BCUT2D eigenvalue weighted by Gasteiger charge is 2.40. The first-order valence-electron chi connectivity index (χ1n) is 7.84. The van der Waals surface area contributed by atoms with Crippen LogP contribution in [0.1, 0.15) is 51.5 Å². The Bertz CT molecular complexity index is 464. The van der Waals surface area contributed by atoms with Crippen LogP contribution in [0, 0.1) is 0 Å². The lowest BCUT2D eigenvalue weighted by Crippen LogP contribution is -2.54. The van der Waals surface area contributed by atoms with Gasteiger partial charge in [-0.05, 0) is 45.7 Å².